The number of hydrogen-bond acceptors (Lipinski definition) is 3. The van der Waals surface area contributed by atoms with Crippen molar-refractivity contribution in [3.8, 4) is 5.75 Å². The minimum absolute atomic E-state index is 0.249. The summed E-state index contributed by atoms with van der Waals surface area (Å²) < 4.78 is 8.74. The number of aromatic hydroxyl groups is 1. The molecule has 0 unspecified atom stereocenters. The lowest BCUT2D eigenvalue weighted by Crippen LogP contribution is -1.80. The van der Waals surface area contributed by atoms with E-state index in [2.05, 4.69) is 0 Å². The predicted molar refractivity (Wildman–Crippen MR) is 46.0 cm³/mol. The molecule has 0 saturated heterocycles. The molecule has 0 amide bonds. The van der Waals surface area contributed by atoms with Crippen LogP contribution < -0.4 is 5.73 Å². The van der Waals surface area contributed by atoms with Crippen LogP contribution in [0, 0.1) is 0 Å². The van der Waals surface area contributed by atoms with Crippen LogP contribution in [-0.4, -0.2) is 14.9 Å². The predicted octanol–water partition coefficient (Wildman–Crippen LogP) is 0.335. The van der Waals surface area contributed by atoms with Gasteiger partial charge < -0.3 is 20.6 Å². The summed E-state index contributed by atoms with van der Waals surface area (Å²) in [6, 6.07) is 6.40. The third-order valence-corrected chi connectivity index (χ3v) is 0.893. The summed E-state index contributed by atoms with van der Waals surface area (Å²) in [4.78, 5) is 14.3. The summed E-state index contributed by atoms with van der Waals surface area (Å²) in [5.41, 5.74) is 5.98. The molecule has 1 aromatic carbocycles. The molecule has 0 radical (unpaired) electrons. The molecule has 1 rings (SSSR count). The van der Waals surface area contributed by atoms with Gasteiger partial charge in [-0.25, -0.2) is 0 Å². The van der Waals surface area contributed by atoms with Crippen molar-refractivity contribution in [2.75, 3.05) is 5.73 Å². The summed E-state index contributed by atoms with van der Waals surface area (Å²) in [5.74, 6) is 0.249. The van der Waals surface area contributed by atoms with Crippen molar-refractivity contribution >= 4 is 13.9 Å². The first-order valence-electron chi connectivity index (χ1n) is 2.98. The Hall–Kier alpha value is -1.03. The van der Waals surface area contributed by atoms with Gasteiger partial charge in [0.1, 0.15) is 5.75 Å². The van der Waals surface area contributed by atoms with E-state index in [9.17, 15) is 0 Å². The molecule has 0 aliphatic heterocycles. The van der Waals surface area contributed by atoms with Gasteiger partial charge in [-0.2, -0.15) is 0 Å². The second-order valence-electron chi connectivity index (χ2n) is 1.87. The van der Waals surface area contributed by atoms with E-state index in [1.54, 1.807) is 24.3 Å². The molecule has 0 atom stereocenters. The average Bonchev–Trinajstić information content (AvgIpc) is 1.94. The molecule has 0 heterocycles. The molecule has 5 N–H and O–H groups in total. The Bertz CT molecular complexity index is 223. The molecule has 0 bridgehead atoms. The number of benzene rings is 1. The van der Waals surface area contributed by atoms with Crippen LogP contribution in [0.25, 0.3) is 0 Å². The van der Waals surface area contributed by atoms with E-state index < -0.39 is 8.25 Å². The lowest BCUT2D eigenvalue weighted by atomic mass is 10.3. The van der Waals surface area contributed by atoms with E-state index in [1.165, 1.54) is 0 Å². The van der Waals surface area contributed by atoms with Crippen molar-refractivity contribution in [2.45, 2.75) is 0 Å². The Balaban J connectivity index is 0.000000261. The number of phenols is 1. The van der Waals surface area contributed by atoms with Gasteiger partial charge in [-0.05, 0) is 24.3 Å². The van der Waals surface area contributed by atoms with Gasteiger partial charge in [0.05, 0.1) is 0 Å². The van der Waals surface area contributed by atoms with Crippen LogP contribution in [0.4, 0.5) is 5.69 Å². The van der Waals surface area contributed by atoms with E-state index in [0.717, 1.165) is 0 Å². The molecule has 6 heteroatoms. The molecule has 0 aliphatic rings. The van der Waals surface area contributed by atoms with E-state index in [4.69, 9.17) is 25.2 Å². The van der Waals surface area contributed by atoms with Gasteiger partial charge in [-0.3, -0.25) is 4.57 Å². The lowest BCUT2D eigenvalue weighted by molar-refractivity contribution is 0.405. The minimum atomic E-state index is -3.13. The zero-order valence-corrected chi connectivity index (χ0v) is 7.14. The highest BCUT2D eigenvalue weighted by molar-refractivity contribution is 7.30. The van der Waals surface area contributed by atoms with Gasteiger partial charge in [0.25, 0.3) is 0 Å². The number of nitrogen functional groups attached to an aromatic ring is 1. The fourth-order valence-corrected chi connectivity index (χ4v) is 0.474. The number of rotatable bonds is 0. The number of nitrogens with two attached hydrogens (primary N) is 1. The Morgan fingerprint density at radius 1 is 1.17 bits per heavy atom. The Morgan fingerprint density at radius 3 is 1.75 bits per heavy atom. The highest BCUT2D eigenvalue weighted by atomic mass is 31.1. The summed E-state index contributed by atoms with van der Waals surface area (Å²) >= 11 is 0. The lowest BCUT2D eigenvalue weighted by Gasteiger charge is -1.89. The maximum Gasteiger partial charge on any atom is 0.314 e. The van der Waals surface area contributed by atoms with Crippen molar-refractivity contribution in [1.82, 2.24) is 0 Å². The second kappa shape index (κ2) is 5.60. The van der Waals surface area contributed by atoms with E-state index in [-0.39, 0.29) is 5.75 Å². The first-order chi connectivity index (χ1) is 5.52. The third-order valence-electron chi connectivity index (χ3n) is 0.893. The third kappa shape index (κ3) is 7.08. The van der Waals surface area contributed by atoms with Crippen molar-refractivity contribution in [3.05, 3.63) is 24.3 Å². The maximum atomic E-state index is 8.74. The maximum absolute atomic E-state index is 8.74. The molecule has 0 aliphatic carbocycles. The summed E-state index contributed by atoms with van der Waals surface area (Å²) in [5, 5.41) is 8.70. The Kier molecular flexibility index (Phi) is 5.12. The van der Waals surface area contributed by atoms with Gasteiger partial charge in [-0.15, -0.1) is 0 Å². The molecule has 1 aromatic rings. The summed E-state index contributed by atoms with van der Waals surface area (Å²) in [6.45, 7) is 0. The fourth-order valence-electron chi connectivity index (χ4n) is 0.474. The standard InChI is InChI=1S/C6H7NO.H3O3P/c7-5-1-3-6(8)4-2-5;1-4(2)3/h1-4,8H,7H2;4H,(H2,1,2,3). The van der Waals surface area contributed by atoms with Gasteiger partial charge in [-0.1, -0.05) is 0 Å². The smallest absolute Gasteiger partial charge is 0.314 e. The van der Waals surface area contributed by atoms with Crippen molar-refractivity contribution in [1.29, 1.82) is 0 Å². The molecular weight excluding hydrogens is 181 g/mol. The van der Waals surface area contributed by atoms with Crippen molar-refractivity contribution in [2.24, 2.45) is 0 Å². The van der Waals surface area contributed by atoms with Crippen LogP contribution >= 0.6 is 8.25 Å². The van der Waals surface area contributed by atoms with Crippen molar-refractivity contribution < 1.29 is 19.5 Å². The topological polar surface area (TPSA) is 104 Å². The van der Waals surface area contributed by atoms with E-state index in [1.807, 2.05) is 0 Å². The van der Waals surface area contributed by atoms with Gasteiger partial charge >= 0.3 is 8.25 Å². The zero-order valence-electron chi connectivity index (χ0n) is 6.14. The van der Waals surface area contributed by atoms with Crippen molar-refractivity contribution in [3.63, 3.8) is 0 Å². The minimum Gasteiger partial charge on any atom is -0.508 e. The van der Waals surface area contributed by atoms with Gasteiger partial charge in [0, 0.05) is 5.69 Å². The first-order valence-corrected chi connectivity index (χ1v) is 4.29. The Morgan fingerprint density at radius 2 is 1.50 bits per heavy atom. The van der Waals surface area contributed by atoms with E-state index in [0.29, 0.717) is 5.69 Å². The summed E-state index contributed by atoms with van der Waals surface area (Å²) in [7, 11) is -3.13. The number of hydrogen-bond donors (Lipinski definition) is 4. The highest BCUT2D eigenvalue weighted by Crippen LogP contribution is 2.09. The molecule has 0 saturated carbocycles. The highest BCUT2D eigenvalue weighted by Gasteiger charge is 1.82. The molecule has 68 valence electrons. The molecular formula is C6H10NO4P. The Labute approximate surface area is 70.0 Å². The molecule has 0 spiro atoms. The average molecular weight is 191 g/mol. The quantitative estimate of drug-likeness (QED) is 0.269. The van der Waals surface area contributed by atoms with Crippen LogP contribution in [-0.2, 0) is 4.57 Å². The normalized spacial score (nSPS) is 8.92. The zero-order chi connectivity index (χ0) is 9.56. The molecule has 12 heavy (non-hydrogen) atoms. The van der Waals surface area contributed by atoms with Crippen LogP contribution in [0.3, 0.4) is 0 Å². The van der Waals surface area contributed by atoms with Crippen LogP contribution in [0.2, 0.25) is 0 Å². The van der Waals surface area contributed by atoms with E-state index >= 15 is 0 Å². The first kappa shape index (κ1) is 11.0. The SMILES string of the molecule is Nc1ccc(O)cc1.O=[PH](O)O. The monoisotopic (exact) mass is 191 g/mol. The number of anilines is 1. The van der Waals surface area contributed by atoms with Crippen LogP contribution in [0.5, 0.6) is 5.75 Å². The number of phenolic OH excluding ortho intramolecular Hbond substituents is 1. The molecule has 5 nitrogen and oxygen atoms in total. The second-order valence-corrected chi connectivity index (χ2v) is 2.44. The molecule has 0 aromatic heterocycles. The molecule has 0 fully saturated rings. The van der Waals surface area contributed by atoms with Gasteiger partial charge in [0.2, 0.25) is 0 Å². The van der Waals surface area contributed by atoms with Gasteiger partial charge in [0.15, 0.2) is 0 Å². The largest absolute Gasteiger partial charge is 0.508 e. The summed E-state index contributed by atoms with van der Waals surface area (Å²) in [6.07, 6.45) is 0. The fraction of sp³-hybridized carbons (Fsp3) is 0. The van der Waals surface area contributed by atoms with Crippen LogP contribution in [0.1, 0.15) is 0 Å². The van der Waals surface area contributed by atoms with Crippen LogP contribution in [0.15, 0.2) is 24.3 Å².